The van der Waals surface area contributed by atoms with Crippen molar-refractivity contribution in [2.24, 2.45) is 0 Å². The van der Waals surface area contributed by atoms with E-state index in [4.69, 9.17) is 5.73 Å². The van der Waals surface area contributed by atoms with Crippen molar-refractivity contribution in [1.29, 1.82) is 0 Å². The number of nitrogen functional groups attached to an aromatic ring is 1. The maximum absolute atomic E-state index is 12.1. The normalized spacial score (nSPS) is 24.9. The molecule has 110 valence electrons. The molecule has 0 bridgehead atoms. The molecule has 2 fully saturated rings. The summed E-state index contributed by atoms with van der Waals surface area (Å²) in [6.45, 7) is 2.15. The second-order valence-electron chi connectivity index (χ2n) is 5.95. The average molecular weight is 277 g/mol. The van der Waals surface area contributed by atoms with Crippen LogP contribution < -0.4 is 11.1 Å². The van der Waals surface area contributed by atoms with Crippen LogP contribution in [0.3, 0.4) is 0 Å². The van der Waals surface area contributed by atoms with Gasteiger partial charge in [0, 0.05) is 24.7 Å². The van der Waals surface area contributed by atoms with Gasteiger partial charge in [-0.3, -0.25) is 14.8 Å². The van der Waals surface area contributed by atoms with Crippen LogP contribution in [0.1, 0.15) is 49.0 Å². The number of carbonyl (C=O) groups is 1. The Balaban J connectivity index is 1.55. The van der Waals surface area contributed by atoms with Gasteiger partial charge in [-0.15, -0.1) is 0 Å². The number of nitrogens with zero attached hydrogens (tertiary/aromatic N) is 2. The fraction of sp³-hybridized carbons (Fsp3) is 0.714. The second-order valence-corrected chi connectivity index (χ2v) is 5.95. The predicted molar refractivity (Wildman–Crippen MR) is 77.3 cm³/mol. The molecular formula is C14H23N5O. The van der Waals surface area contributed by atoms with Gasteiger partial charge in [0.25, 0.3) is 5.91 Å². The third-order valence-electron chi connectivity index (χ3n) is 4.47. The Morgan fingerprint density at radius 2 is 2.15 bits per heavy atom. The highest BCUT2D eigenvalue weighted by molar-refractivity contribution is 5.93. The van der Waals surface area contributed by atoms with E-state index >= 15 is 0 Å². The van der Waals surface area contributed by atoms with Crippen LogP contribution in [0.2, 0.25) is 0 Å². The number of amides is 1. The van der Waals surface area contributed by atoms with Crippen molar-refractivity contribution in [3.8, 4) is 0 Å². The van der Waals surface area contributed by atoms with E-state index in [1.807, 2.05) is 0 Å². The standard InChI is InChI=1S/C14H23N5O/c15-13-8-12(17-18-13)14(20)16-10-4-3-7-19(9-10)11-5-1-2-6-11/h8,10-11H,1-7,9H2,(H,16,20)(H3,15,17,18)/t10-/m0/s1. The number of piperidine rings is 1. The molecule has 0 aromatic carbocycles. The molecule has 1 atom stereocenters. The third kappa shape index (κ3) is 2.95. The van der Waals surface area contributed by atoms with Crippen LogP contribution in [0.25, 0.3) is 0 Å². The lowest BCUT2D eigenvalue weighted by Crippen LogP contribution is -2.50. The lowest BCUT2D eigenvalue weighted by atomic mass is 10.0. The first kappa shape index (κ1) is 13.4. The Morgan fingerprint density at radius 3 is 2.85 bits per heavy atom. The number of nitrogens with two attached hydrogens (primary N) is 1. The number of H-pyrrole nitrogens is 1. The summed E-state index contributed by atoms with van der Waals surface area (Å²) in [5, 5.41) is 9.55. The number of carbonyl (C=O) groups excluding carboxylic acids is 1. The summed E-state index contributed by atoms with van der Waals surface area (Å²) in [5.41, 5.74) is 5.97. The maximum Gasteiger partial charge on any atom is 0.269 e. The minimum Gasteiger partial charge on any atom is -0.382 e. The largest absolute Gasteiger partial charge is 0.382 e. The van der Waals surface area contributed by atoms with Crippen LogP contribution in [-0.4, -0.2) is 46.2 Å². The molecule has 0 unspecified atom stereocenters. The molecule has 1 amide bonds. The molecule has 3 rings (SSSR count). The molecule has 6 nitrogen and oxygen atoms in total. The molecule has 1 aromatic heterocycles. The number of aromatic amines is 1. The van der Waals surface area contributed by atoms with E-state index < -0.39 is 0 Å². The fourth-order valence-electron chi connectivity index (χ4n) is 3.44. The molecule has 6 heteroatoms. The second kappa shape index (κ2) is 5.83. The van der Waals surface area contributed by atoms with E-state index in [1.165, 1.54) is 32.2 Å². The molecule has 20 heavy (non-hydrogen) atoms. The first-order valence-corrected chi connectivity index (χ1v) is 7.58. The van der Waals surface area contributed by atoms with Gasteiger partial charge >= 0.3 is 0 Å². The number of hydrogen-bond donors (Lipinski definition) is 3. The molecule has 2 heterocycles. The van der Waals surface area contributed by atoms with E-state index in [0.717, 1.165) is 25.4 Å². The molecule has 2 aliphatic rings. The van der Waals surface area contributed by atoms with Crippen molar-refractivity contribution in [1.82, 2.24) is 20.4 Å². The number of anilines is 1. The minimum absolute atomic E-state index is 0.104. The number of hydrogen-bond acceptors (Lipinski definition) is 4. The molecular weight excluding hydrogens is 254 g/mol. The monoisotopic (exact) mass is 277 g/mol. The number of likely N-dealkylation sites (tertiary alicyclic amines) is 1. The summed E-state index contributed by atoms with van der Waals surface area (Å²) in [7, 11) is 0. The van der Waals surface area contributed by atoms with Crippen LogP contribution in [0, 0.1) is 0 Å². The lowest BCUT2D eigenvalue weighted by Gasteiger charge is -2.37. The van der Waals surface area contributed by atoms with Crippen molar-refractivity contribution >= 4 is 11.7 Å². The molecule has 0 spiro atoms. The highest BCUT2D eigenvalue weighted by Crippen LogP contribution is 2.26. The van der Waals surface area contributed by atoms with Crippen LogP contribution in [0.5, 0.6) is 0 Å². The topological polar surface area (TPSA) is 87.0 Å². The van der Waals surface area contributed by atoms with Crippen molar-refractivity contribution in [2.45, 2.75) is 50.6 Å². The summed E-state index contributed by atoms with van der Waals surface area (Å²) < 4.78 is 0. The van der Waals surface area contributed by atoms with Crippen molar-refractivity contribution < 1.29 is 4.79 Å². The van der Waals surface area contributed by atoms with Gasteiger partial charge in [0.05, 0.1) is 0 Å². The maximum atomic E-state index is 12.1. The molecule has 1 saturated carbocycles. The smallest absolute Gasteiger partial charge is 0.269 e. The number of rotatable bonds is 3. The summed E-state index contributed by atoms with van der Waals surface area (Å²) in [5.74, 6) is 0.249. The molecule has 0 radical (unpaired) electrons. The molecule has 1 aromatic rings. The van der Waals surface area contributed by atoms with E-state index in [-0.39, 0.29) is 11.9 Å². The van der Waals surface area contributed by atoms with E-state index in [2.05, 4.69) is 20.4 Å². The lowest BCUT2D eigenvalue weighted by molar-refractivity contribution is 0.0870. The molecule has 1 aliphatic carbocycles. The Kier molecular flexibility index (Phi) is 3.91. The van der Waals surface area contributed by atoms with E-state index in [9.17, 15) is 4.79 Å². The minimum atomic E-state index is -0.104. The van der Waals surface area contributed by atoms with Gasteiger partial charge in [0.2, 0.25) is 0 Å². The van der Waals surface area contributed by atoms with Crippen LogP contribution in [0.15, 0.2) is 6.07 Å². The highest BCUT2D eigenvalue weighted by Gasteiger charge is 2.28. The molecule has 1 aliphatic heterocycles. The van der Waals surface area contributed by atoms with Gasteiger partial charge in [-0.05, 0) is 32.2 Å². The SMILES string of the molecule is Nc1cc(C(=O)N[C@H]2CCCN(C3CCCC3)C2)[nH]n1. The average Bonchev–Trinajstić information content (AvgIpc) is 3.10. The van der Waals surface area contributed by atoms with E-state index in [0.29, 0.717) is 11.5 Å². The first-order valence-electron chi connectivity index (χ1n) is 7.58. The van der Waals surface area contributed by atoms with Gasteiger partial charge in [-0.2, -0.15) is 5.10 Å². The zero-order valence-corrected chi connectivity index (χ0v) is 11.8. The van der Waals surface area contributed by atoms with Gasteiger partial charge in [0.15, 0.2) is 0 Å². The van der Waals surface area contributed by atoms with Gasteiger partial charge < -0.3 is 11.1 Å². The quantitative estimate of drug-likeness (QED) is 0.773. The Morgan fingerprint density at radius 1 is 1.35 bits per heavy atom. The predicted octanol–water partition coefficient (Wildman–Crippen LogP) is 1.13. The zero-order valence-electron chi connectivity index (χ0n) is 11.8. The van der Waals surface area contributed by atoms with Crippen LogP contribution >= 0.6 is 0 Å². The zero-order chi connectivity index (χ0) is 13.9. The van der Waals surface area contributed by atoms with Crippen LogP contribution in [0.4, 0.5) is 5.82 Å². The van der Waals surface area contributed by atoms with Gasteiger partial charge in [-0.1, -0.05) is 12.8 Å². The third-order valence-corrected chi connectivity index (χ3v) is 4.47. The van der Waals surface area contributed by atoms with Crippen molar-refractivity contribution in [3.63, 3.8) is 0 Å². The fourth-order valence-corrected chi connectivity index (χ4v) is 3.44. The molecule has 4 N–H and O–H groups in total. The number of aromatic nitrogens is 2. The Bertz CT molecular complexity index is 466. The Labute approximate surface area is 119 Å². The van der Waals surface area contributed by atoms with Gasteiger partial charge in [0.1, 0.15) is 11.5 Å². The highest BCUT2D eigenvalue weighted by atomic mass is 16.2. The summed E-state index contributed by atoms with van der Waals surface area (Å²) in [4.78, 5) is 14.7. The first-order chi connectivity index (χ1) is 9.72. The Hall–Kier alpha value is -1.56. The van der Waals surface area contributed by atoms with Crippen LogP contribution in [-0.2, 0) is 0 Å². The summed E-state index contributed by atoms with van der Waals surface area (Å²) in [6, 6.07) is 2.55. The van der Waals surface area contributed by atoms with Crippen molar-refractivity contribution in [3.05, 3.63) is 11.8 Å². The number of nitrogens with one attached hydrogen (secondary N) is 2. The van der Waals surface area contributed by atoms with Gasteiger partial charge in [-0.25, -0.2) is 0 Å². The van der Waals surface area contributed by atoms with E-state index in [1.54, 1.807) is 6.07 Å². The van der Waals surface area contributed by atoms with Crippen molar-refractivity contribution in [2.75, 3.05) is 18.8 Å². The summed E-state index contributed by atoms with van der Waals surface area (Å²) >= 11 is 0. The molecule has 1 saturated heterocycles. The summed E-state index contributed by atoms with van der Waals surface area (Å²) in [6.07, 6.45) is 7.55.